The monoisotopic (exact) mass is 555 g/mol. The Bertz CT molecular complexity index is 1160. The second-order valence-electron chi connectivity index (χ2n) is 11.3. The van der Waals surface area contributed by atoms with Crippen LogP contribution >= 0.6 is 11.6 Å². The molecule has 0 aromatic heterocycles. The average molecular weight is 556 g/mol. The molecule has 1 saturated carbocycles. The fraction of sp³-hybridized carbons (Fsp3) is 0.548. The first-order chi connectivity index (χ1) is 18.7. The van der Waals surface area contributed by atoms with Crippen LogP contribution in [0.2, 0.25) is 5.02 Å². The summed E-state index contributed by atoms with van der Waals surface area (Å²) in [6.45, 7) is 3.62. The van der Waals surface area contributed by atoms with Gasteiger partial charge < -0.3 is 25.8 Å². The number of methoxy groups -OCH3 is 1. The van der Waals surface area contributed by atoms with E-state index in [1.54, 1.807) is 0 Å². The Hall–Kier alpha value is -2.61. The number of benzene rings is 2. The van der Waals surface area contributed by atoms with E-state index in [-0.39, 0.29) is 23.8 Å². The Morgan fingerprint density at radius 2 is 2.00 bits per heavy atom. The van der Waals surface area contributed by atoms with E-state index in [0.717, 1.165) is 48.8 Å². The highest BCUT2D eigenvalue weighted by molar-refractivity contribution is 6.31. The first kappa shape index (κ1) is 29.4. The molecule has 4 N–H and O–H groups in total. The third kappa shape index (κ3) is 7.13. The second-order valence-corrected chi connectivity index (χ2v) is 11.7. The van der Waals surface area contributed by atoms with Gasteiger partial charge in [-0.05, 0) is 81.0 Å². The number of amides is 2. The van der Waals surface area contributed by atoms with E-state index in [0.29, 0.717) is 43.9 Å². The number of nitrogens with zero attached hydrogens (tertiary/aromatic N) is 1. The van der Waals surface area contributed by atoms with Gasteiger partial charge in [-0.25, -0.2) is 4.79 Å². The maximum Gasteiger partial charge on any atom is 0.406 e. The van der Waals surface area contributed by atoms with Crippen LogP contribution in [-0.4, -0.2) is 54.8 Å². The van der Waals surface area contributed by atoms with Crippen LogP contribution in [0, 0.1) is 18.8 Å². The van der Waals surface area contributed by atoms with Crippen molar-refractivity contribution < 1.29 is 19.4 Å². The van der Waals surface area contributed by atoms with Crippen molar-refractivity contribution in [3.05, 3.63) is 69.7 Å². The van der Waals surface area contributed by atoms with Gasteiger partial charge in [-0.3, -0.25) is 4.79 Å². The summed E-state index contributed by atoms with van der Waals surface area (Å²) in [5.41, 5.74) is 8.87. The van der Waals surface area contributed by atoms with Crippen LogP contribution in [0.3, 0.4) is 0 Å². The average Bonchev–Trinajstić information content (AvgIpc) is 3.37. The van der Waals surface area contributed by atoms with Gasteiger partial charge in [0.15, 0.2) is 0 Å². The zero-order valence-electron chi connectivity index (χ0n) is 23.1. The molecule has 8 heteroatoms. The lowest BCUT2D eigenvalue weighted by Crippen LogP contribution is -2.50. The van der Waals surface area contributed by atoms with Gasteiger partial charge in [0, 0.05) is 42.5 Å². The van der Waals surface area contributed by atoms with Crippen molar-refractivity contribution in [1.29, 1.82) is 0 Å². The lowest BCUT2D eigenvalue weighted by molar-refractivity contribution is -0.141. The molecule has 4 atom stereocenters. The molecule has 0 radical (unpaired) electrons. The minimum atomic E-state index is -1.23. The molecular formula is C31H42ClN3O4. The summed E-state index contributed by atoms with van der Waals surface area (Å²) in [6, 6.07) is 14.1. The molecule has 2 aromatic carbocycles. The number of ether oxygens (including phenoxy) is 1. The Kier molecular flexibility index (Phi) is 9.91. The van der Waals surface area contributed by atoms with Gasteiger partial charge in [-0.1, -0.05) is 53.6 Å². The highest BCUT2D eigenvalue weighted by Gasteiger charge is 2.43. The van der Waals surface area contributed by atoms with Crippen LogP contribution in [0.15, 0.2) is 42.5 Å². The SMILES string of the molecule is COC(=O)NCCC[C@@](O)(c1cccc(Cl)c1Cc1cccc(C)c1)[C@@H]1CCCN(C(=O)[C@@H]2CC[C@H](N)C2)C1. The van der Waals surface area contributed by atoms with Crippen LogP contribution < -0.4 is 11.1 Å². The number of carbonyl (C=O) groups excluding carboxylic acids is 2. The van der Waals surface area contributed by atoms with Crippen molar-refractivity contribution >= 4 is 23.6 Å². The number of nitrogens with one attached hydrogen (secondary N) is 1. The molecule has 0 bridgehead atoms. The number of aliphatic hydroxyl groups is 1. The summed E-state index contributed by atoms with van der Waals surface area (Å²) in [5.74, 6) is -0.0364. The number of carbonyl (C=O) groups is 2. The number of rotatable bonds is 9. The van der Waals surface area contributed by atoms with E-state index < -0.39 is 11.7 Å². The summed E-state index contributed by atoms with van der Waals surface area (Å²) < 4.78 is 4.71. The zero-order valence-corrected chi connectivity index (χ0v) is 23.9. The normalized spacial score (nSPS) is 22.8. The first-order valence-corrected chi connectivity index (χ1v) is 14.5. The van der Waals surface area contributed by atoms with Crippen molar-refractivity contribution in [2.24, 2.45) is 17.6 Å². The molecule has 1 aliphatic heterocycles. The Morgan fingerprint density at radius 3 is 2.72 bits per heavy atom. The Labute approximate surface area is 237 Å². The largest absolute Gasteiger partial charge is 0.453 e. The first-order valence-electron chi connectivity index (χ1n) is 14.1. The van der Waals surface area contributed by atoms with E-state index in [1.807, 2.05) is 29.2 Å². The molecule has 1 saturated heterocycles. The van der Waals surface area contributed by atoms with Crippen molar-refractivity contribution in [3.63, 3.8) is 0 Å². The standard InChI is InChI=1S/C31H42ClN3O4/c1-21-7-3-8-22(17-21)18-26-27(10-4-11-28(26)32)31(38,14-6-15-34-30(37)39-2)24-9-5-16-35(20-24)29(36)23-12-13-25(33)19-23/h3-4,7-8,10-11,17,23-25,38H,5-6,9,12-16,18-20,33H2,1-2H3,(H,34,37)/t23-,24-,25+,31+/m1/s1. The number of likely N-dealkylation sites (tertiary alicyclic amines) is 1. The van der Waals surface area contributed by atoms with E-state index in [9.17, 15) is 14.7 Å². The minimum Gasteiger partial charge on any atom is -0.453 e. The number of alkyl carbamates (subject to hydrolysis) is 1. The zero-order chi connectivity index (χ0) is 28.0. The summed E-state index contributed by atoms with van der Waals surface area (Å²) in [4.78, 5) is 27.0. The van der Waals surface area contributed by atoms with Gasteiger partial charge >= 0.3 is 6.09 Å². The predicted molar refractivity (Wildman–Crippen MR) is 154 cm³/mol. The lowest BCUT2D eigenvalue weighted by Gasteiger charge is -2.44. The molecular weight excluding hydrogens is 514 g/mol. The van der Waals surface area contributed by atoms with Crippen molar-refractivity contribution in [2.75, 3.05) is 26.7 Å². The van der Waals surface area contributed by atoms with Crippen molar-refractivity contribution in [1.82, 2.24) is 10.2 Å². The van der Waals surface area contributed by atoms with E-state index >= 15 is 0 Å². The number of hydrogen-bond donors (Lipinski definition) is 3. The highest BCUT2D eigenvalue weighted by Crippen LogP contribution is 2.43. The number of hydrogen-bond acceptors (Lipinski definition) is 5. The van der Waals surface area contributed by atoms with Gasteiger partial charge in [0.05, 0.1) is 12.7 Å². The molecule has 39 heavy (non-hydrogen) atoms. The van der Waals surface area contributed by atoms with Crippen LogP contribution in [0.4, 0.5) is 4.79 Å². The third-order valence-electron chi connectivity index (χ3n) is 8.47. The summed E-state index contributed by atoms with van der Waals surface area (Å²) in [5, 5.41) is 16.0. The molecule has 2 fully saturated rings. The van der Waals surface area contributed by atoms with E-state index in [2.05, 4.69) is 30.4 Å². The summed E-state index contributed by atoms with van der Waals surface area (Å²) in [6.07, 6.45) is 5.13. The maximum atomic E-state index is 13.4. The lowest BCUT2D eigenvalue weighted by atomic mass is 9.72. The van der Waals surface area contributed by atoms with Gasteiger partial charge in [0.25, 0.3) is 0 Å². The molecule has 2 aromatic rings. The van der Waals surface area contributed by atoms with Crippen LogP contribution in [0.25, 0.3) is 0 Å². The fourth-order valence-corrected chi connectivity index (χ4v) is 6.66. The van der Waals surface area contributed by atoms with Gasteiger partial charge in [0.1, 0.15) is 0 Å². The van der Waals surface area contributed by atoms with Gasteiger partial charge in [-0.15, -0.1) is 0 Å². The molecule has 2 amide bonds. The van der Waals surface area contributed by atoms with Crippen LogP contribution in [0.5, 0.6) is 0 Å². The molecule has 1 heterocycles. The molecule has 0 spiro atoms. The van der Waals surface area contributed by atoms with Crippen molar-refractivity contribution in [2.45, 2.75) is 69.9 Å². The number of aryl methyl sites for hydroxylation is 1. The molecule has 7 nitrogen and oxygen atoms in total. The number of nitrogens with two attached hydrogens (primary N) is 1. The molecule has 4 rings (SSSR count). The van der Waals surface area contributed by atoms with Crippen LogP contribution in [-0.2, 0) is 21.6 Å². The van der Waals surface area contributed by atoms with Crippen LogP contribution in [0.1, 0.15) is 67.2 Å². The highest BCUT2D eigenvalue weighted by atomic mass is 35.5. The second kappa shape index (κ2) is 13.2. The molecule has 212 valence electrons. The topological polar surface area (TPSA) is 105 Å². The predicted octanol–water partition coefficient (Wildman–Crippen LogP) is 4.93. The smallest absolute Gasteiger partial charge is 0.406 e. The molecule has 0 unspecified atom stereocenters. The minimum absolute atomic E-state index is 0.0286. The molecule has 1 aliphatic carbocycles. The number of piperidine rings is 1. The van der Waals surface area contributed by atoms with E-state index in [1.165, 1.54) is 12.7 Å². The Morgan fingerprint density at radius 1 is 1.21 bits per heavy atom. The summed E-state index contributed by atoms with van der Waals surface area (Å²) >= 11 is 6.80. The third-order valence-corrected chi connectivity index (χ3v) is 8.82. The number of halogens is 1. The fourth-order valence-electron chi connectivity index (χ4n) is 6.42. The molecule has 2 aliphatic rings. The van der Waals surface area contributed by atoms with E-state index in [4.69, 9.17) is 22.1 Å². The van der Waals surface area contributed by atoms with Gasteiger partial charge in [0.2, 0.25) is 5.91 Å². The van der Waals surface area contributed by atoms with Crippen molar-refractivity contribution in [3.8, 4) is 0 Å². The van der Waals surface area contributed by atoms with Gasteiger partial charge in [-0.2, -0.15) is 0 Å². The Balaban J connectivity index is 1.64. The summed E-state index contributed by atoms with van der Waals surface area (Å²) in [7, 11) is 1.33. The maximum absolute atomic E-state index is 13.4. The quantitative estimate of drug-likeness (QED) is 0.381.